The third-order valence-electron chi connectivity index (χ3n) is 6.40. The van der Waals surface area contributed by atoms with Crippen LogP contribution in [0, 0.1) is 0 Å². The Kier molecular flexibility index (Phi) is 8.20. The Labute approximate surface area is 171 Å². The highest BCUT2D eigenvalue weighted by Gasteiger charge is 2.21. The van der Waals surface area contributed by atoms with Gasteiger partial charge in [-0.2, -0.15) is 0 Å². The summed E-state index contributed by atoms with van der Waals surface area (Å²) in [5.74, 6) is 0.854. The molecule has 3 rings (SSSR count). The summed E-state index contributed by atoms with van der Waals surface area (Å²) >= 11 is 0. The Morgan fingerprint density at radius 3 is 2.79 bits per heavy atom. The van der Waals surface area contributed by atoms with E-state index in [-0.39, 0.29) is 5.91 Å². The highest BCUT2D eigenvalue weighted by atomic mass is 16.5. The summed E-state index contributed by atoms with van der Waals surface area (Å²) in [7, 11) is 0. The molecule has 1 aromatic rings. The first-order chi connectivity index (χ1) is 13.7. The van der Waals surface area contributed by atoms with E-state index < -0.39 is 6.10 Å². The smallest absolute Gasteiger partial charge is 0.261 e. The fraction of sp³-hybridized carbons (Fsp3) is 0.708. The van der Waals surface area contributed by atoms with Crippen LogP contribution in [0.2, 0.25) is 0 Å². The number of amides is 1. The van der Waals surface area contributed by atoms with Gasteiger partial charge in [-0.25, -0.2) is 0 Å². The zero-order valence-corrected chi connectivity index (χ0v) is 17.8. The van der Waals surface area contributed by atoms with Crippen molar-refractivity contribution in [2.24, 2.45) is 0 Å². The van der Waals surface area contributed by atoms with Gasteiger partial charge in [0.15, 0.2) is 6.10 Å². The number of ether oxygens (including phenoxy) is 1. The van der Waals surface area contributed by atoms with Crippen molar-refractivity contribution >= 4 is 5.91 Å². The molecule has 0 aromatic heterocycles. The van der Waals surface area contributed by atoms with Crippen molar-refractivity contribution in [3.8, 4) is 5.75 Å². The summed E-state index contributed by atoms with van der Waals surface area (Å²) in [4.78, 5) is 15.2. The predicted molar refractivity (Wildman–Crippen MR) is 115 cm³/mol. The molecular weight excluding hydrogens is 348 g/mol. The third kappa shape index (κ3) is 5.73. The quantitative estimate of drug-likeness (QED) is 0.636. The number of hydrogen-bond acceptors (Lipinski definition) is 3. The van der Waals surface area contributed by atoms with Crippen LogP contribution in [0.4, 0.5) is 0 Å². The Balaban J connectivity index is 1.43. The van der Waals surface area contributed by atoms with Crippen molar-refractivity contribution in [2.45, 2.75) is 90.2 Å². The molecule has 0 bridgehead atoms. The van der Waals surface area contributed by atoms with Crippen molar-refractivity contribution in [3.05, 3.63) is 29.3 Å². The molecule has 0 radical (unpaired) electrons. The second-order valence-electron chi connectivity index (χ2n) is 8.39. The first-order valence-electron chi connectivity index (χ1n) is 11.5. The number of nitrogens with zero attached hydrogens (tertiary/aromatic N) is 1. The number of piperidine rings is 1. The van der Waals surface area contributed by atoms with E-state index in [1.54, 1.807) is 0 Å². The lowest BCUT2D eigenvalue weighted by atomic mass is 9.92. The maximum atomic E-state index is 12.6. The highest BCUT2D eigenvalue weighted by Crippen LogP contribution is 2.26. The lowest BCUT2D eigenvalue weighted by molar-refractivity contribution is -0.128. The molecule has 0 unspecified atom stereocenters. The molecule has 0 spiro atoms. The van der Waals surface area contributed by atoms with Crippen LogP contribution < -0.4 is 10.1 Å². The molecule has 0 saturated carbocycles. The Bertz CT molecular complexity index is 631. The van der Waals surface area contributed by atoms with Crippen LogP contribution in [0.5, 0.6) is 5.75 Å². The Morgan fingerprint density at radius 2 is 2.00 bits per heavy atom. The molecule has 28 heavy (non-hydrogen) atoms. The van der Waals surface area contributed by atoms with E-state index in [2.05, 4.69) is 29.3 Å². The summed E-state index contributed by atoms with van der Waals surface area (Å²) in [6.45, 7) is 7.33. The first kappa shape index (κ1) is 21.2. The minimum absolute atomic E-state index is 0.0194. The average Bonchev–Trinajstić information content (AvgIpc) is 2.75. The number of fused-ring (bicyclic) bond motifs is 1. The lowest BCUT2D eigenvalue weighted by Crippen LogP contribution is -2.42. The summed E-state index contributed by atoms with van der Waals surface area (Å²) in [5, 5.41) is 3.10. The minimum atomic E-state index is -0.403. The molecule has 1 N–H and O–H groups in total. The maximum absolute atomic E-state index is 12.6. The van der Waals surface area contributed by atoms with Gasteiger partial charge in [0, 0.05) is 19.1 Å². The van der Waals surface area contributed by atoms with Crippen LogP contribution >= 0.6 is 0 Å². The van der Waals surface area contributed by atoms with E-state index in [1.807, 2.05) is 13.0 Å². The largest absolute Gasteiger partial charge is 0.481 e. The van der Waals surface area contributed by atoms with Crippen LogP contribution in [0.15, 0.2) is 18.2 Å². The van der Waals surface area contributed by atoms with Gasteiger partial charge in [0.05, 0.1) is 0 Å². The van der Waals surface area contributed by atoms with Crippen LogP contribution in [0.25, 0.3) is 0 Å². The van der Waals surface area contributed by atoms with Gasteiger partial charge in [0.2, 0.25) is 0 Å². The molecular formula is C24H38N2O2. The summed E-state index contributed by atoms with van der Waals surface area (Å²) in [6, 6.07) is 7.09. The zero-order chi connectivity index (χ0) is 19.8. The third-order valence-corrected chi connectivity index (χ3v) is 6.40. The topological polar surface area (TPSA) is 41.6 Å². The molecule has 2 atom stereocenters. The van der Waals surface area contributed by atoms with Gasteiger partial charge in [0.25, 0.3) is 5.91 Å². The standard InChI is InChI=1S/C24H38N2O2/c1-3-21-12-7-8-16-26(21)17-9-15-25-24(27)23(4-2)28-22-14-13-19-10-5-6-11-20(19)18-22/h13-14,18,21,23H,3-12,15-17H2,1-2H3,(H,25,27)/t21-,23+/m1/s1. The van der Waals surface area contributed by atoms with Crippen molar-refractivity contribution < 1.29 is 9.53 Å². The molecule has 1 saturated heterocycles. The molecule has 1 aliphatic carbocycles. The number of carbonyl (C=O) groups excluding carboxylic acids is 1. The van der Waals surface area contributed by atoms with E-state index in [4.69, 9.17) is 4.74 Å². The number of carbonyl (C=O) groups is 1. The van der Waals surface area contributed by atoms with Crippen LogP contribution in [-0.2, 0) is 17.6 Å². The van der Waals surface area contributed by atoms with Gasteiger partial charge in [-0.05, 0) is 87.6 Å². The molecule has 1 aliphatic heterocycles. The highest BCUT2D eigenvalue weighted by molar-refractivity contribution is 5.81. The lowest BCUT2D eigenvalue weighted by Gasteiger charge is -2.35. The van der Waals surface area contributed by atoms with Gasteiger partial charge in [-0.3, -0.25) is 4.79 Å². The second-order valence-corrected chi connectivity index (χ2v) is 8.39. The molecule has 1 fully saturated rings. The summed E-state index contributed by atoms with van der Waals surface area (Å²) in [6.07, 6.45) is 11.4. The van der Waals surface area contributed by atoms with E-state index in [9.17, 15) is 4.79 Å². The van der Waals surface area contributed by atoms with Crippen molar-refractivity contribution in [1.82, 2.24) is 10.2 Å². The zero-order valence-electron chi connectivity index (χ0n) is 17.8. The van der Waals surface area contributed by atoms with E-state index in [0.717, 1.165) is 37.7 Å². The molecule has 1 aromatic carbocycles. The van der Waals surface area contributed by atoms with Crippen LogP contribution in [0.3, 0.4) is 0 Å². The maximum Gasteiger partial charge on any atom is 0.261 e. The Morgan fingerprint density at radius 1 is 1.18 bits per heavy atom. The monoisotopic (exact) mass is 386 g/mol. The van der Waals surface area contributed by atoms with Gasteiger partial charge in [-0.15, -0.1) is 0 Å². The molecule has 156 valence electrons. The SMILES string of the molecule is CC[C@@H]1CCCCN1CCCNC(=O)[C@H](CC)Oc1ccc2c(c1)CCCC2. The fourth-order valence-electron chi connectivity index (χ4n) is 4.69. The molecule has 1 amide bonds. The van der Waals surface area contributed by atoms with Gasteiger partial charge in [0.1, 0.15) is 5.75 Å². The van der Waals surface area contributed by atoms with Crippen molar-refractivity contribution in [1.29, 1.82) is 0 Å². The van der Waals surface area contributed by atoms with Crippen molar-refractivity contribution in [3.63, 3.8) is 0 Å². The molecule has 4 nitrogen and oxygen atoms in total. The fourth-order valence-corrected chi connectivity index (χ4v) is 4.69. The summed E-state index contributed by atoms with van der Waals surface area (Å²) < 4.78 is 6.05. The Hall–Kier alpha value is -1.55. The van der Waals surface area contributed by atoms with E-state index >= 15 is 0 Å². The average molecular weight is 387 g/mol. The minimum Gasteiger partial charge on any atom is -0.481 e. The summed E-state index contributed by atoms with van der Waals surface area (Å²) in [5.41, 5.74) is 2.84. The van der Waals surface area contributed by atoms with E-state index in [0.29, 0.717) is 6.42 Å². The number of aryl methyl sites for hydroxylation is 2. The number of nitrogens with one attached hydrogen (secondary N) is 1. The van der Waals surface area contributed by atoms with Crippen molar-refractivity contribution in [2.75, 3.05) is 19.6 Å². The number of hydrogen-bond donors (Lipinski definition) is 1. The molecule has 1 heterocycles. The number of rotatable bonds is 9. The second kappa shape index (κ2) is 10.8. The first-order valence-corrected chi connectivity index (χ1v) is 11.5. The van der Waals surface area contributed by atoms with Gasteiger partial charge >= 0.3 is 0 Å². The van der Waals surface area contributed by atoms with Gasteiger partial charge in [-0.1, -0.05) is 26.3 Å². The van der Waals surface area contributed by atoms with Gasteiger partial charge < -0.3 is 15.0 Å². The van der Waals surface area contributed by atoms with Crippen LogP contribution in [-0.4, -0.2) is 42.6 Å². The van der Waals surface area contributed by atoms with E-state index in [1.165, 1.54) is 62.6 Å². The molecule has 2 aliphatic rings. The van der Waals surface area contributed by atoms with Crippen LogP contribution in [0.1, 0.15) is 76.3 Å². The molecule has 4 heteroatoms. The number of benzene rings is 1. The number of likely N-dealkylation sites (tertiary alicyclic amines) is 1. The normalized spacial score (nSPS) is 21.0. The predicted octanol–water partition coefficient (Wildman–Crippen LogP) is 4.49.